The number of alkyl halides is 6. The lowest BCUT2D eigenvalue weighted by molar-refractivity contribution is -0.415. The first-order chi connectivity index (χ1) is 9.00. The summed E-state index contributed by atoms with van der Waals surface area (Å²) in [5.74, 6) is -1.69. The van der Waals surface area contributed by atoms with Crippen molar-refractivity contribution in [3.05, 3.63) is 33.5 Å². The Labute approximate surface area is 106 Å². The molecule has 0 N–H and O–H groups in total. The molecule has 2 rings (SSSR count). The number of hydrogen-bond donors (Lipinski definition) is 0. The van der Waals surface area contributed by atoms with Gasteiger partial charge in [0.2, 0.25) is 5.84 Å². The number of nitro groups is 1. The molecule has 20 heavy (non-hydrogen) atoms. The summed E-state index contributed by atoms with van der Waals surface area (Å²) < 4.78 is 74.7. The summed E-state index contributed by atoms with van der Waals surface area (Å²) in [5, 5.41) is 10.7. The van der Waals surface area contributed by atoms with E-state index in [1.54, 1.807) is 0 Å². The highest BCUT2D eigenvalue weighted by molar-refractivity contribution is 6.16. The first kappa shape index (κ1) is 14.2. The lowest BCUT2D eigenvalue weighted by atomic mass is 9.98. The van der Waals surface area contributed by atoms with Gasteiger partial charge in [-0.1, -0.05) is 0 Å². The van der Waals surface area contributed by atoms with Gasteiger partial charge in [0.1, 0.15) is 11.8 Å². The fourth-order valence-electron chi connectivity index (χ4n) is 1.63. The number of allylic oxidation sites excluding steroid dienone is 2. The lowest BCUT2D eigenvalue weighted by Gasteiger charge is -2.15. The van der Waals surface area contributed by atoms with E-state index in [1.807, 2.05) is 0 Å². The van der Waals surface area contributed by atoms with Crippen LogP contribution in [0.5, 0.6) is 0 Å². The van der Waals surface area contributed by atoms with Crippen molar-refractivity contribution in [2.45, 2.75) is 18.4 Å². The third kappa shape index (κ3) is 2.42. The second-order valence-electron chi connectivity index (χ2n) is 3.80. The monoisotopic (exact) mass is 299 g/mol. The van der Waals surface area contributed by atoms with Crippen LogP contribution >= 0.6 is 0 Å². The Morgan fingerprint density at radius 2 is 1.75 bits per heavy atom. The molecule has 0 fully saturated rings. The van der Waals surface area contributed by atoms with Crippen LogP contribution in [-0.4, -0.2) is 34.9 Å². The Morgan fingerprint density at radius 1 is 1.15 bits per heavy atom. The minimum absolute atomic E-state index is 0.143. The van der Waals surface area contributed by atoms with E-state index >= 15 is 0 Å². The standard InChI is InChI=1S/C9H3F6N3O2/c10-8(11,12)3-1-4-6(5(2-3)18(19)20)17-7(16-4)9(13,14)15/h1-2,4H. The molecule has 0 aromatic carbocycles. The number of halogens is 6. The van der Waals surface area contributed by atoms with E-state index in [0.29, 0.717) is 6.08 Å². The van der Waals surface area contributed by atoms with Gasteiger partial charge in [-0.05, 0) is 6.08 Å². The van der Waals surface area contributed by atoms with Crippen molar-refractivity contribution in [2.75, 3.05) is 0 Å². The number of fused-ring (bicyclic) bond motifs is 1. The maximum absolute atomic E-state index is 12.5. The Bertz CT molecular complexity index is 596. The van der Waals surface area contributed by atoms with Crippen LogP contribution in [0.1, 0.15) is 0 Å². The molecule has 2 aliphatic rings. The number of aliphatic imine (C=N–C) groups is 2. The molecule has 1 atom stereocenters. The molecule has 1 aliphatic heterocycles. The van der Waals surface area contributed by atoms with Gasteiger partial charge >= 0.3 is 12.4 Å². The molecule has 108 valence electrons. The Morgan fingerprint density at radius 3 is 2.20 bits per heavy atom. The molecule has 5 nitrogen and oxygen atoms in total. The van der Waals surface area contributed by atoms with Gasteiger partial charge in [-0.3, -0.25) is 10.1 Å². The van der Waals surface area contributed by atoms with E-state index in [1.165, 1.54) is 0 Å². The van der Waals surface area contributed by atoms with E-state index < -0.39 is 46.1 Å². The van der Waals surface area contributed by atoms with Crippen molar-refractivity contribution in [3.63, 3.8) is 0 Å². The normalized spacial score (nSPS) is 22.6. The fraction of sp³-hybridized carbons (Fsp3) is 0.333. The lowest BCUT2D eigenvalue weighted by Crippen LogP contribution is -2.27. The van der Waals surface area contributed by atoms with Gasteiger partial charge in [0, 0.05) is 6.08 Å². The average molecular weight is 299 g/mol. The van der Waals surface area contributed by atoms with E-state index in [2.05, 4.69) is 9.98 Å². The van der Waals surface area contributed by atoms with Crippen LogP contribution in [0.15, 0.2) is 33.4 Å². The zero-order chi connectivity index (χ0) is 15.3. The summed E-state index contributed by atoms with van der Waals surface area (Å²) >= 11 is 0. The number of rotatable bonds is 1. The molecule has 1 heterocycles. The molecule has 0 aromatic heterocycles. The highest BCUT2D eigenvalue weighted by Gasteiger charge is 2.47. The molecule has 1 aliphatic carbocycles. The highest BCUT2D eigenvalue weighted by Crippen LogP contribution is 2.34. The summed E-state index contributed by atoms with van der Waals surface area (Å²) in [7, 11) is 0. The third-order valence-corrected chi connectivity index (χ3v) is 2.44. The molecule has 11 heteroatoms. The van der Waals surface area contributed by atoms with E-state index in [0.717, 1.165) is 0 Å². The van der Waals surface area contributed by atoms with Crippen LogP contribution < -0.4 is 0 Å². The van der Waals surface area contributed by atoms with E-state index in [-0.39, 0.29) is 6.08 Å². The molecular formula is C9H3F6N3O2. The largest absolute Gasteiger partial charge is 0.451 e. The molecule has 0 saturated carbocycles. The maximum Gasteiger partial charge on any atom is 0.451 e. The molecule has 1 unspecified atom stereocenters. The van der Waals surface area contributed by atoms with Gasteiger partial charge in [0.05, 0.1) is 10.5 Å². The smallest absolute Gasteiger partial charge is 0.258 e. The van der Waals surface area contributed by atoms with Crippen LogP contribution in [0.3, 0.4) is 0 Å². The topological polar surface area (TPSA) is 67.9 Å². The van der Waals surface area contributed by atoms with Crippen LogP contribution in [0.4, 0.5) is 26.3 Å². The molecule has 0 radical (unpaired) electrons. The van der Waals surface area contributed by atoms with Gasteiger partial charge in [-0.2, -0.15) is 26.3 Å². The van der Waals surface area contributed by atoms with Crippen molar-refractivity contribution in [3.8, 4) is 0 Å². The molecule has 0 spiro atoms. The molecule has 0 saturated heterocycles. The van der Waals surface area contributed by atoms with Gasteiger partial charge in [-0.15, -0.1) is 0 Å². The summed E-state index contributed by atoms with van der Waals surface area (Å²) in [6.45, 7) is 0. The molecule has 0 amide bonds. The highest BCUT2D eigenvalue weighted by atomic mass is 19.4. The van der Waals surface area contributed by atoms with Crippen molar-refractivity contribution in [2.24, 2.45) is 9.98 Å². The fourth-order valence-corrected chi connectivity index (χ4v) is 1.63. The summed E-state index contributed by atoms with van der Waals surface area (Å²) in [6, 6.07) is -1.76. The zero-order valence-corrected chi connectivity index (χ0v) is 9.16. The minimum Gasteiger partial charge on any atom is -0.258 e. The summed E-state index contributed by atoms with van der Waals surface area (Å²) in [4.78, 5) is 15.3. The summed E-state index contributed by atoms with van der Waals surface area (Å²) in [5.41, 5.74) is -3.33. The van der Waals surface area contributed by atoms with Crippen molar-refractivity contribution in [1.82, 2.24) is 0 Å². The predicted octanol–water partition coefficient (Wildman–Crippen LogP) is 2.43. The maximum atomic E-state index is 12.5. The third-order valence-electron chi connectivity index (χ3n) is 2.44. The van der Waals surface area contributed by atoms with E-state index in [4.69, 9.17) is 0 Å². The Kier molecular flexibility index (Phi) is 2.95. The number of nitrogens with zero attached hydrogens (tertiary/aromatic N) is 3. The summed E-state index contributed by atoms with van der Waals surface area (Å²) in [6.07, 6.45) is -9.41. The van der Waals surface area contributed by atoms with Gasteiger partial charge in [-0.25, -0.2) is 9.98 Å². The zero-order valence-electron chi connectivity index (χ0n) is 9.16. The average Bonchev–Trinajstić information content (AvgIpc) is 2.68. The van der Waals surface area contributed by atoms with Gasteiger partial charge in [0.15, 0.2) is 0 Å². The SMILES string of the molecule is O=[N+]([O-])C1=CC(C(F)(F)F)=CC2N=C(C(F)(F)F)N=C12. The first-order valence-electron chi connectivity index (χ1n) is 4.89. The number of amidine groups is 1. The van der Waals surface area contributed by atoms with Gasteiger partial charge in [0.25, 0.3) is 5.70 Å². The Balaban J connectivity index is 2.53. The van der Waals surface area contributed by atoms with Gasteiger partial charge < -0.3 is 0 Å². The minimum atomic E-state index is -4.99. The van der Waals surface area contributed by atoms with Crippen molar-refractivity contribution < 1.29 is 31.3 Å². The molecular weight excluding hydrogens is 296 g/mol. The van der Waals surface area contributed by atoms with Crippen LogP contribution in [0.2, 0.25) is 0 Å². The first-order valence-corrected chi connectivity index (χ1v) is 4.89. The second-order valence-corrected chi connectivity index (χ2v) is 3.80. The predicted molar refractivity (Wildman–Crippen MR) is 53.9 cm³/mol. The molecule has 0 bridgehead atoms. The van der Waals surface area contributed by atoms with Crippen LogP contribution in [0, 0.1) is 10.1 Å². The number of hydrogen-bond acceptors (Lipinski definition) is 4. The quantitative estimate of drug-likeness (QED) is 0.424. The Hall–Kier alpha value is -2.20. The second kappa shape index (κ2) is 4.15. The van der Waals surface area contributed by atoms with E-state index in [9.17, 15) is 36.5 Å². The van der Waals surface area contributed by atoms with Crippen molar-refractivity contribution >= 4 is 11.5 Å². The van der Waals surface area contributed by atoms with Crippen LogP contribution in [0.25, 0.3) is 0 Å². The van der Waals surface area contributed by atoms with Crippen molar-refractivity contribution in [1.29, 1.82) is 0 Å². The molecule has 0 aromatic rings. The van der Waals surface area contributed by atoms with Crippen LogP contribution in [-0.2, 0) is 0 Å².